The van der Waals surface area contributed by atoms with E-state index in [0.717, 1.165) is 61.8 Å². The zero-order chi connectivity index (χ0) is 22.0. The zero-order valence-corrected chi connectivity index (χ0v) is 19.4. The first kappa shape index (κ1) is 22.1. The summed E-state index contributed by atoms with van der Waals surface area (Å²) in [6.45, 7) is 4.53. The first-order valence-corrected chi connectivity index (χ1v) is 12.5. The molecular formula is C26H33NO3S. The fourth-order valence-electron chi connectivity index (χ4n) is 5.16. The molecule has 0 atom stereocenters. The number of amides is 1. The Labute approximate surface area is 189 Å². The van der Waals surface area contributed by atoms with E-state index in [2.05, 4.69) is 13.8 Å². The molecule has 1 heterocycles. The van der Waals surface area contributed by atoms with Crippen molar-refractivity contribution in [2.75, 3.05) is 4.90 Å². The number of nitrogens with zero attached hydrogens (tertiary/aromatic N) is 1. The SMILES string of the molecule is CC1CCC(C(=O)N(c2cc(-c3ccccc3)sc2C(=O)O)C2CCC(C)CC2)CC1. The molecule has 0 unspecified atom stereocenters. The van der Waals surface area contributed by atoms with Crippen LogP contribution in [0.5, 0.6) is 0 Å². The third-order valence-corrected chi connectivity index (χ3v) is 8.34. The maximum absolute atomic E-state index is 13.8. The average Bonchev–Trinajstić information content (AvgIpc) is 3.22. The van der Waals surface area contributed by atoms with Crippen molar-refractivity contribution < 1.29 is 14.7 Å². The Hall–Kier alpha value is -2.14. The molecule has 4 rings (SSSR count). The van der Waals surface area contributed by atoms with Crippen LogP contribution in [0.2, 0.25) is 0 Å². The highest BCUT2D eigenvalue weighted by atomic mass is 32.1. The van der Waals surface area contributed by atoms with Crippen LogP contribution in [0.3, 0.4) is 0 Å². The van der Waals surface area contributed by atoms with Crippen LogP contribution >= 0.6 is 11.3 Å². The fourth-order valence-corrected chi connectivity index (χ4v) is 6.15. The van der Waals surface area contributed by atoms with Crippen LogP contribution in [0.15, 0.2) is 36.4 Å². The minimum absolute atomic E-state index is 0.0114. The van der Waals surface area contributed by atoms with Crippen LogP contribution < -0.4 is 4.90 Å². The van der Waals surface area contributed by atoms with E-state index < -0.39 is 5.97 Å². The molecule has 31 heavy (non-hydrogen) atoms. The largest absolute Gasteiger partial charge is 0.477 e. The lowest BCUT2D eigenvalue weighted by atomic mass is 9.81. The molecule has 0 aliphatic heterocycles. The normalized spacial score (nSPS) is 26.4. The molecule has 1 aromatic heterocycles. The second kappa shape index (κ2) is 9.56. The summed E-state index contributed by atoms with van der Waals surface area (Å²) in [6.07, 6.45) is 8.07. The number of carbonyl (C=O) groups is 2. The van der Waals surface area contributed by atoms with Gasteiger partial charge >= 0.3 is 5.97 Å². The van der Waals surface area contributed by atoms with Gasteiger partial charge in [-0.3, -0.25) is 4.79 Å². The van der Waals surface area contributed by atoms with Crippen molar-refractivity contribution in [2.24, 2.45) is 17.8 Å². The summed E-state index contributed by atoms with van der Waals surface area (Å²) in [7, 11) is 0. The predicted octanol–water partition coefficient (Wildman–Crippen LogP) is 6.85. The molecule has 2 aliphatic carbocycles. The Kier molecular flexibility index (Phi) is 6.80. The minimum atomic E-state index is -0.943. The van der Waals surface area contributed by atoms with E-state index >= 15 is 0 Å². The highest BCUT2D eigenvalue weighted by Gasteiger charge is 2.37. The standard InChI is InChI=1S/C26H33NO3S/c1-17-8-12-20(13-9-17)25(28)27(21-14-10-18(2)11-15-21)22-16-23(31-24(22)26(29)30)19-6-4-3-5-7-19/h3-7,16-18,20-21H,8-15H2,1-2H3,(H,29,30). The average molecular weight is 440 g/mol. The number of carboxylic acid groups (broad SMARTS) is 1. The first-order chi connectivity index (χ1) is 14.9. The van der Waals surface area contributed by atoms with E-state index in [9.17, 15) is 14.7 Å². The summed E-state index contributed by atoms with van der Waals surface area (Å²) < 4.78 is 0. The van der Waals surface area contributed by atoms with Crippen LogP contribution in [-0.2, 0) is 4.79 Å². The van der Waals surface area contributed by atoms with Crippen molar-refractivity contribution >= 4 is 28.9 Å². The molecule has 2 aromatic rings. The molecule has 4 nitrogen and oxygen atoms in total. The number of benzene rings is 1. The van der Waals surface area contributed by atoms with Gasteiger partial charge in [0, 0.05) is 16.8 Å². The van der Waals surface area contributed by atoms with Gasteiger partial charge in [0.1, 0.15) is 4.88 Å². The van der Waals surface area contributed by atoms with Gasteiger partial charge in [-0.05, 0) is 74.8 Å². The first-order valence-electron chi connectivity index (χ1n) is 11.7. The third-order valence-electron chi connectivity index (χ3n) is 7.18. The molecule has 1 amide bonds. The zero-order valence-electron chi connectivity index (χ0n) is 18.5. The molecule has 166 valence electrons. The van der Waals surface area contributed by atoms with Crippen molar-refractivity contribution in [3.8, 4) is 10.4 Å². The number of carbonyl (C=O) groups excluding carboxylic acids is 1. The highest BCUT2D eigenvalue weighted by Crippen LogP contribution is 2.42. The molecule has 0 spiro atoms. The number of hydrogen-bond donors (Lipinski definition) is 1. The van der Waals surface area contributed by atoms with Gasteiger partial charge in [0.25, 0.3) is 0 Å². The summed E-state index contributed by atoms with van der Waals surface area (Å²) >= 11 is 1.28. The summed E-state index contributed by atoms with van der Waals surface area (Å²) in [6, 6.07) is 11.9. The number of thiophene rings is 1. The van der Waals surface area contributed by atoms with E-state index in [0.29, 0.717) is 17.5 Å². The van der Waals surface area contributed by atoms with Gasteiger partial charge in [-0.25, -0.2) is 4.79 Å². The van der Waals surface area contributed by atoms with Crippen LogP contribution in [0.1, 0.15) is 74.9 Å². The second-order valence-corrected chi connectivity index (χ2v) is 10.6. The lowest BCUT2D eigenvalue weighted by molar-refractivity contribution is -0.124. The lowest BCUT2D eigenvalue weighted by Gasteiger charge is -2.39. The van der Waals surface area contributed by atoms with Crippen LogP contribution in [-0.4, -0.2) is 23.0 Å². The molecule has 2 saturated carbocycles. The Balaban J connectivity index is 1.73. The smallest absolute Gasteiger partial charge is 0.348 e. The topological polar surface area (TPSA) is 57.6 Å². The van der Waals surface area contributed by atoms with Crippen LogP contribution in [0.4, 0.5) is 5.69 Å². The van der Waals surface area contributed by atoms with Crippen molar-refractivity contribution in [1.29, 1.82) is 0 Å². The third kappa shape index (κ3) is 4.87. The van der Waals surface area contributed by atoms with Crippen molar-refractivity contribution in [2.45, 2.75) is 71.3 Å². The van der Waals surface area contributed by atoms with Gasteiger partial charge in [0.05, 0.1) is 5.69 Å². The Morgan fingerprint density at radius 1 is 0.903 bits per heavy atom. The molecule has 0 saturated heterocycles. The Morgan fingerprint density at radius 2 is 1.48 bits per heavy atom. The van der Waals surface area contributed by atoms with Gasteiger partial charge in [0.2, 0.25) is 5.91 Å². The fraction of sp³-hybridized carbons (Fsp3) is 0.538. The molecule has 0 radical (unpaired) electrons. The maximum atomic E-state index is 13.8. The van der Waals surface area contributed by atoms with E-state index in [1.807, 2.05) is 41.3 Å². The van der Waals surface area contributed by atoms with E-state index in [1.54, 1.807) is 0 Å². The molecule has 2 aliphatic rings. The Morgan fingerprint density at radius 3 is 2.06 bits per heavy atom. The monoisotopic (exact) mass is 439 g/mol. The summed E-state index contributed by atoms with van der Waals surface area (Å²) in [5.74, 6) is 0.559. The lowest BCUT2D eigenvalue weighted by Crippen LogP contribution is -2.46. The van der Waals surface area contributed by atoms with E-state index in [4.69, 9.17) is 0 Å². The number of carboxylic acids is 1. The maximum Gasteiger partial charge on any atom is 0.348 e. The van der Waals surface area contributed by atoms with Crippen molar-refractivity contribution in [3.63, 3.8) is 0 Å². The van der Waals surface area contributed by atoms with Crippen LogP contribution in [0, 0.1) is 17.8 Å². The van der Waals surface area contributed by atoms with Crippen molar-refractivity contribution in [1.82, 2.24) is 0 Å². The van der Waals surface area contributed by atoms with Gasteiger partial charge in [-0.15, -0.1) is 11.3 Å². The number of rotatable bonds is 5. The van der Waals surface area contributed by atoms with Crippen molar-refractivity contribution in [3.05, 3.63) is 41.3 Å². The summed E-state index contributed by atoms with van der Waals surface area (Å²) in [5, 5.41) is 10.0. The minimum Gasteiger partial charge on any atom is -0.477 e. The quantitative estimate of drug-likeness (QED) is 0.554. The molecule has 1 N–H and O–H groups in total. The van der Waals surface area contributed by atoms with E-state index in [-0.39, 0.29) is 22.7 Å². The van der Waals surface area contributed by atoms with Crippen LogP contribution in [0.25, 0.3) is 10.4 Å². The molecule has 5 heteroatoms. The van der Waals surface area contributed by atoms with Gasteiger partial charge < -0.3 is 10.0 Å². The molecule has 2 fully saturated rings. The summed E-state index contributed by atoms with van der Waals surface area (Å²) in [5.41, 5.74) is 1.61. The van der Waals surface area contributed by atoms with Gasteiger partial charge in [-0.2, -0.15) is 0 Å². The molecule has 1 aromatic carbocycles. The Bertz CT molecular complexity index is 906. The van der Waals surface area contributed by atoms with Gasteiger partial charge in [0.15, 0.2) is 0 Å². The number of hydrogen-bond acceptors (Lipinski definition) is 3. The van der Waals surface area contributed by atoms with Gasteiger partial charge in [-0.1, -0.05) is 44.2 Å². The molecular weight excluding hydrogens is 406 g/mol. The van der Waals surface area contributed by atoms with E-state index in [1.165, 1.54) is 11.3 Å². The predicted molar refractivity (Wildman–Crippen MR) is 127 cm³/mol. The highest BCUT2D eigenvalue weighted by molar-refractivity contribution is 7.18. The number of aromatic carboxylic acids is 1. The molecule has 0 bridgehead atoms. The summed E-state index contributed by atoms with van der Waals surface area (Å²) in [4.78, 5) is 29.2. The number of anilines is 1. The second-order valence-electron chi connectivity index (χ2n) is 9.57.